The van der Waals surface area contributed by atoms with Crippen LogP contribution >= 0.6 is 0 Å². The van der Waals surface area contributed by atoms with Gasteiger partial charge in [0.15, 0.2) is 46.0 Å². The first kappa shape index (κ1) is 37.1. The SMILES string of the molecule is COc1cc(C[C@H]2c3cc(OC)c(OC)c(O)c3CCN2C)c(Oc2cc3c(cc2OC)-c2c(OC)c(OC)c(OC)c4c2C(C3)N(C)CC4)cc1OC. The summed E-state index contributed by atoms with van der Waals surface area (Å²) < 4.78 is 53.7. The van der Waals surface area contributed by atoms with E-state index < -0.39 is 0 Å². The van der Waals surface area contributed by atoms with Crippen molar-refractivity contribution in [3.63, 3.8) is 0 Å². The second kappa shape index (κ2) is 14.9. The van der Waals surface area contributed by atoms with Crippen molar-refractivity contribution in [3.8, 4) is 74.4 Å². The molecule has 0 aromatic heterocycles. The summed E-state index contributed by atoms with van der Waals surface area (Å²) in [5.74, 6) is 5.68. The Labute approximate surface area is 316 Å². The van der Waals surface area contributed by atoms with Gasteiger partial charge in [-0.15, -0.1) is 0 Å². The molecular formula is C42H50N2O10. The lowest BCUT2D eigenvalue weighted by Crippen LogP contribution is -2.36. The fourth-order valence-electron chi connectivity index (χ4n) is 8.63. The van der Waals surface area contributed by atoms with Crippen LogP contribution < -0.4 is 42.6 Å². The molecule has 4 aromatic rings. The molecule has 0 bridgehead atoms. The Morgan fingerprint density at radius 3 is 1.85 bits per heavy atom. The number of phenols is 1. The number of fused-ring (bicyclic) bond motifs is 3. The first-order valence-electron chi connectivity index (χ1n) is 18.0. The van der Waals surface area contributed by atoms with E-state index >= 15 is 0 Å². The van der Waals surface area contributed by atoms with Crippen molar-refractivity contribution in [2.24, 2.45) is 0 Å². The minimum Gasteiger partial charge on any atom is -0.504 e. The van der Waals surface area contributed by atoms with Gasteiger partial charge < -0.3 is 47.7 Å². The number of ether oxygens (including phenoxy) is 9. The highest BCUT2D eigenvalue weighted by molar-refractivity contribution is 5.87. The lowest BCUT2D eigenvalue weighted by Gasteiger charge is -2.41. The van der Waals surface area contributed by atoms with E-state index in [4.69, 9.17) is 42.6 Å². The van der Waals surface area contributed by atoms with Gasteiger partial charge in [0.2, 0.25) is 11.5 Å². The minimum atomic E-state index is -0.127. The molecule has 0 saturated heterocycles. The van der Waals surface area contributed by atoms with Gasteiger partial charge in [0.1, 0.15) is 5.75 Å². The molecule has 0 amide bonds. The zero-order valence-electron chi connectivity index (χ0n) is 32.8. The van der Waals surface area contributed by atoms with Gasteiger partial charge in [-0.05, 0) is 86.3 Å². The second-order valence-electron chi connectivity index (χ2n) is 13.9. The number of hydrogen-bond acceptors (Lipinski definition) is 12. The average molecular weight is 743 g/mol. The van der Waals surface area contributed by atoms with Crippen LogP contribution in [0.1, 0.15) is 45.5 Å². The predicted molar refractivity (Wildman–Crippen MR) is 204 cm³/mol. The number of hydrogen-bond donors (Lipinski definition) is 1. The molecule has 7 rings (SSSR count). The largest absolute Gasteiger partial charge is 0.504 e. The van der Waals surface area contributed by atoms with E-state index in [0.717, 1.165) is 70.6 Å². The quantitative estimate of drug-likeness (QED) is 0.165. The normalized spacial score (nSPS) is 17.4. The van der Waals surface area contributed by atoms with Gasteiger partial charge in [0, 0.05) is 53.5 Å². The smallest absolute Gasteiger partial charge is 0.204 e. The molecule has 1 unspecified atom stereocenters. The molecule has 2 aliphatic heterocycles. The van der Waals surface area contributed by atoms with Crippen LogP contribution in [0.5, 0.6) is 63.2 Å². The third-order valence-corrected chi connectivity index (χ3v) is 11.4. The van der Waals surface area contributed by atoms with Crippen LogP contribution in [0.2, 0.25) is 0 Å². The van der Waals surface area contributed by atoms with Gasteiger partial charge in [0.05, 0.1) is 56.9 Å². The van der Waals surface area contributed by atoms with Gasteiger partial charge in [0.25, 0.3) is 0 Å². The van der Waals surface area contributed by atoms with Crippen molar-refractivity contribution >= 4 is 0 Å². The molecule has 12 nitrogen and oxygen atoms in total. The van der Waals surface area contributed by atoms with Gasteiger partial charge in [-0.1, -0.05) is 0 Å². The van der Waals surface area contributed by atoms with Crippen molar-refractivity contribution in [2.45, 2.75) is 37.8 Å². The molecule has 0 radical (unpaired) electrons. The van der Waals surface area contributed by atoms with Crippen LogP contribution in [0, 0.1) is 0 Å². The van der Waals surface area contributed by atoms with Crippen molar-refractivity contribution in [1.82, 2.24) is 9.80 Å². The Morgan fingerprint density at radius 2 is 1.20 bits per heavy atom. The topological polar surface area (TPSA) is 110 Å². The summed E-state index contributed by atoms with van der Waals surface area (Å²) >= 11 is 0. The zero-order valence-corrected chi connectivity index (χ0v) is 32.8. The molecule has 12 heteroatoms. The highest BCUT2D eigenvalue weighted by Crippen LogP contribution is 2.58. The molecule has 0 saturated carbocycles. The highest BCUT2D eigenvalue weighted by atomic mass is 16.5. The maximum atomic E-state index is 11.3. The minimum absolute atomic E-state index is 0.0942. The number of nitrogens with zero attached hydrogens (tertiary/aromatic N) is 2. The predicted octanol–water partition coefficient (Wildman–Crippen LogP) is 6.78. The first-order valence-corrected chi connectivity index (χ1v) is 18.0. The molecule has 288 valence electrons. The molecule has 1 N–H and O–H groups in total. The number of phenolic OH excluding ortho intramolecular Hbond substituents is 1. The Bertz CT molecular complexity index is 2080. The van der Waals surface area contributed by atoms with Crippen molar-refractivity contribution in [1.29, 1.82) is 0 Å². The van der Waals surface area contributed by atoms with Crippen molar-refractivity contribution in [2.75, 3.05) is 84.1 Å². The lowest BCUT2D eigenvalue weighted by molar-refractivity contribution is 0.222. The van der Waals surface area contributed by atoms with Crippen LogP contribution in [0.25, 0.3) is 11.1 Å². The van der Waals surface area contributed by atoms with Gasteiger partial charge >= 0.3 is 0 Å². The molecule has 2 heterocycles. The Kier molecular flexibility index (Phi) is 10.3. The van der Waals surface area contributed by atoms with Crippen molar-refractivity contribution < 1.29 is 47.7 Å². The van der Waals surface area contributed by atoms with E-state index in [2.05, 4.69) is 30.0 Å². The van der Waals surface area contributed by atoms with E-state index in [-0.39, 0.29) is 17.8 Å². The van der Waals surface area contributed by atoms with Crippen molar-refractivity contribution in [3.05, 3.63) is 63.7 Å². The fraction of sp³-hybridized carbons (Fsp3) is 0.429. The standard InChI is InChI=1S/C42H50N2O10/c1-43-13-11-24-27(20-35(49-6)40(51-8)38(24)45)28(43)16-23-18-31(46-3)33(48-5)21-30(23)54-34-17-22-15-29-36-25(12-14-44(29)2)39(50-7)42(53-10)41(52-9)37(36)26(22)19-32(34)47-4/h17-21,28-29,45H,11-16H2,1-10H3/t28-,29?/m0/s1. The van der Waals surface area contributed by atoms with E-state index in [0.29, 0.717) is 64.6 Å². The molecule has 54 heavy (non-hydrogen) atoms. The van der Waals surface area contributed by atoms with Gasteiger partial charge in [-0.25, -0.2) is 0 Å². The highest BCUT2D eigenvalue weighted by Gasteiger charge is 2.40. The van der Waals surface area contributed by atoms with E-state index in [1.54, 1.807) is 49.8 Å². The zero-order chi connectivity index (χ0) is 38.4. The number of methoxy groups -OCH3 is 8. The molecular weight excluding hydrogens is 692 g/mol. The summed E-state index contributed by atoms with van der Waals surface area (Å²) in [6.45, 7) is 1.61. The lowest BCUT2D eigenvalue weighted by atomic mass is 9.76. The summed E-state index contributed by atoms with van der Waals surface area (Å²) in [4.78, 5) is 4.66. The molecule has 0 fully saturated rings. The molecule has 4 aromatic carbocycles. The summed E-state index contributed by atoms with van der Waals surface area (Å²) in [6.07, 6.45) is 2.78. The summed E-state index contributed by atoms with van der Waals surface area (Å²) in [7, 11) is 17.2. The average Bonchev–Trinajstić information content (AvgIpc) is 3.19. The maximum Gasteiger partial charge on any atom is 0.204 e. The molecule has 1 aliphatic carbocycles. The molecule has 3 aliphatic rings. The van der Waals surface area contributed by atoms with E-state index in [1.165, 1.54) is 12.7 Å². The third kappa shape index (κ3) is 5.92. The Hall–Kier alpha value is -5.20. The van der Waals surface area contributed by atoms with Crippen LogP contribution in [0.3, 0.4) is 0 Å². The summed E-state index contributed by atoms with van der Waals surface area (Å²) in [5.41, 5.74) is 8.09. The number of rotatable bonds is 12. The monoisotopic (exact) mass is 742 g/mol. The van der Waals surface area contributed by atoms with Crippen LogP contribution in [-0.2, 0) is 25.7 Å². The maximum absolute atomic E-state index is 11.3. The van der Waals surface area contributed by atoms with Gasteiger partial charge in [-0.2, -0.15) is 0 Å². The first-order chi connectivity index (χ1) is 26.2. The number of aromatic hydroxyl groups is 1. The molecule has 0 spiro atoms. The summed E-state index contributed by atoms with van der Waals surface area (Å²) in [5, 5.41) is 11.3. The Morgan fingerprint density at radius 1 is 0.593 bits per heavy atom. The van der Waals surface area contributed by atoms with Gasteiger partial charge in [-0.3, -0.25) is 9.80 Å². The fourth-order valence-corrected chi connectivity index (χ4v) is 8.63. The molecule has 2 atom stereocenters. The third-order valence-electron chi connectivity index (χ3n) is 11.4. The van der Waals surface area contributed by atoms with Crippen LogP contribution in [-0.4, -0.2) is 99.0 Å². The van der Waals surface area contributed by atoms with Crippen LogP contribution in [0.15, 0.2) is 30.3 Å². The number of likely N-dealkylation sites (N-methyl/N-ethyl adjacent to an activating group) is 2. The van der Waals surface area contributed by atoms with E-state index in [9.17, 15) is 5.11 Å². The summed E-state index contributed by atoms with van der Waals surface area (Å²) in [6, 6.07) is 9.86. The number of benzene rings is 4. The van der Waals surface area contributed by atoms with Crippen LogP contribution in [0.4, 0.5) is 0 Å². The Balaban J connectivity index is 1.36. The second-order valence-corrected chi connectivity index (χ2v) is 13.9. The van der Waals surface area contributed by atoms with E-state index in [1.807, 2.05) is 24.3 Å².